The van der Waals surface area contributed by atoms with Gasteiger partial charge in [-0.15, -0.1) is 0 Å². The zero-order valence-electron chi connectivity index (χ0n) is 13.7. The first-order valence-electron chi connectivity index (χ1n) is 7.14. The van der Waals surface area contributed by atoms with Gasteiger partial charge in [-0.2, -0.15) is 0 Å². The van der Waals surface area contributed by atoms with Gasteiger partial charge >= 0.3 is 6.03 Å². The number of nitrogens with one attached hydrogen (secondary N) is 2. The fraction of sp³-hybridized carbons (Fsp3) is 0.467. The fourth-order valence-corrected chi connectivity index (χ4v) is 2.24. The molecule has 1 aromatic carbocycles. The molecule has 0 atom stereocenters. The first kappa shape index (κ1) is 17.6. The van der Waals surface area contributed by atoms with Crippen LogP contribution in [0.1, 0.15) is 25.0 Å². The summed E-state index contributed by atoms with van der Waals surface area (Å²) in [5, 5.41) is 10.2. The van der Waals surface area contributed by atoms with Crippen LogP contribution in [0.5, 0.6) is 11.5 Å². The molecule has 122 valence electrons. The number of benzene rings is 1. The summed E-state index contributed by atoms with van der Waals surface area (Å²) in [5.74, 6) is 0.824. The number of nitrogens with zero attached hydrogens (tertiary/aromatic N) is 1. The number of hydrogen-bond acceptors (Lipinski definition) is 4. The van der Waals surface area contributed by atoms with Gasteiger partial charge in [-0.25, -0.2) is 9.69 Å². The van der Waals surface area contributed by atoms with Gasteiger partial charge in [-0.1, -0.05) is 0 Å². The van der Waals surface area contributed by atoms with Gasteiger partial charge in [0.1, 0.15) is 11.5 Å². The Morgan fingerprint density at radius 2 is 1.68 bits per heavy atom. The molecule has 0 aliphatic rings. The summed E-state index contributed by atoms with van der Waals surface area (Å²) in [6.07, 6.45) is 0. The number of nitrogens with two attached hydrogens (primary N) is 1. The Morgan fingerprint density at radius 3 is 2.00 bits per heavy atom. The van der Waals surface area contributed by atoms with E-state index in [1.54, 1.807) is 6.07 Å². The summed E-state index contributed by atoms with van der Waals surface area (Å²) in [7, 11) is 1.48. The van der Waals surface area contributed by atoms with E-state index in [2.05, 4.69) is 5.32 Å². The molecule has 0 fully saturated rings. The Bertz CT molecular complexity index is 542. The van der Waals surface area contributed by atoms with E-state index in [1.807, 2.05) is 27.7 Å². The zero-order chi connectivity index (χ0) is 16.9. The topological polar surface area (TPSA) is 101 Å². The summed E-state index contributed by atoms with van der Waals surface area (Å²) in [6, 6.07) is 1.30. The molecular formula is C15H24N4O3. The molecule has 0 saturated carbocycles. The van der Waals surface area contributed by atoms with Crippen molar-refractivity contribution in [3.8, 4) is 11.5 Å². The van der Waals surface area contributed by atoms with E-state index in [0.29, 0.717) is 30.4 Å². The minimum Gasteiger partial charge on any atom is -0.493 e. The van der Waals surface area contributed by atoms with E-state index in [9.17, 15) is 4.79 Å². The molecule has 1 rings (SSSR count). The summed E-state index contributed by atoms with van der Waals surface area (Å²) >= 11 is 0. The number of urea groups is 1. The maximum absolute atomic E-state index is 12.1. The highest BCUT2D eigenvalue weighted by atomic mass is 16.5. The van der Waals surface area contributed by atoms with Crippen molar-refractivity contribution in [2.24, 2.45) is 5.73 Å². The van der Waals surface area contributed by atoms with Crippen molar-refractivity contribution in [3.63, 3.8) is 0 Å². The summed E-state index contributed by atoms with van der Waals surface area (Å²) < 4.78 is 11.2. The third-order valence-corrected chi connectivity index (χ3v) is 3.19. The Kier molecular flexibility index (Phi) is 6.03. The van der Waals surface area contributed by atoms with Crippen molar-refractivity contribution in [1.29, 1.82) is 5.41 Å². The molecule has 4 N–H and O–H groups in total. The molecule has 22 heavy (non-hydrogen) atoms. The van der Waals surface area contributed by atoms with Crippen LogP contribution >= 0.6 is 0 Å². The minimum absolute atomic E-state index is 0.373. The summed E-state index contributed by atoms with van der Waals surface area (Å²) in [6.45, 7) is 8.36. The van der Waals surface area contributed by atoms with E-state index >= 15 is 0 Å². The molecule has 7 nitrogen and oxygen atoms in total. The van der Waals surface area contributed by atoms with Crippen LogP contribution in [0.3, 0.4) is 0 Å². The quantitative estimate of drug-likeness (QED) is 0.573. The standard InChI is InChI=1S/C15H24N4O3/c1-6-21-11-8-12(22-7-2)10(4)13(9(11)3)19(14(16)17)15(20)18-5/h8H,6-7H2,1-5H3,(H3,16,17)(H,18,20). The smallest absolute Gasteiger partial charge is 0.328 e. The van der Waals surface area contributed by atoms with Crippen molar-refractivity contribution in [1.82, 2.24) is 5.32 Å². The largest absolute Gasteiger partial charge is 0.493 e. The zero-order valence-corrected chi connectivity index (χ0v) is 13.7. The molecule has 0 aromatic heterocycles. The Morgan fingerprint density at radius 1 is 1.23 bits per heavy atom. The molecule has 0 saturated heterocycles. The maximum atomic E-state index is 12.1. The first-order valence-corrected chi connectivity index (χ1v) is 7.14. The van der Waals surface area contributed by atoms with Crippen molar-refractivity contribution >= 4 is 17.7 Å². The van der Waals surface area contributed by atoms with Crippen LogP contribution in [0.2, 0.25) is 0 Å². The molecule has 2 amide bonds. The highest BCUT2D eigenvalue weighted by Crippen LogP contribution is 2.39. The van der Waals surface area contributed by atoms with Crippen molar-refractivity contribution in [2.45, 2.75) is 27.7 Å². The predicted molar refractivity (Wildman–Crippen MR) is 87.1 cm³/mol. The lowest BCUT2D eigenvalue weighted by atomic mass is 10.1. The van der Waals surface area contributed by atoms with E-state index in [1.165, 1.54) is 7.05 Å². The van der Waals surface area contributed by atoms with E-state index in [0.717, 1.165) is 16.0 Å². The van der Waals surface area contributed by atoms with Crippen LogP contribution in [0.15, 0.2) is 6.07 Å². The van der Waals surface area contributed by atoms with Crippen molar-refractivity contribution in [3.05, 3.63) is 17.2 Å². The van der Waals surface area contributed by atoms with Gasteiger partial charge in [-0.05, 0) is 27.7 Å². The predicted octanol–water partition coefficient (Wildman–Crippen LogP) is 2.14. The molecule has 7 heteroatoms. The molecule has 1 aromatic rings. The minimum atomic E-state index is -0.491. The third kappa shape index (κ3) is 3.41. The van der Waals surface area contributed by atoms with Crippen LogP contribution in [0.25, 0.3) is 0 Å². The van der Waals surface area contributed by atoms with Crippen LogP contribution < -0.4 is 25.4 Å². The average molecular weight is 308 g/mol. The molecule has 0 bridgehead atoms. The molecule has 0 unspecified atom stereocenters. The molecule has 0 spiro atoms. The normalized spacial score (nSPS) is 10.0. The number of rotatable bonds is 5. The Balaban J connectivity index is 3.60. The number of carbonyl (C=O) groups is 1. The Labute approximate surface area is 130 Å². The average Bonchev–Trinajstić information content (AvgIpc) is 2.47. The summed E-state index contributed by atoms with van der Waals surface area (Å²) in [4.78, 5) is 13.2. The van der Waals surface area contributed by atoms with Gasteiger partial charge in [0.15, 0.2) is 0 Å². The summed E-state index contributed by atoms with van der Waals surface area (Å²) in [5.41, 5.74) is 7.55. The number of hydrogen-bond donors (Lipinski definition) is 3. The number of anilines is 1. The lowest BCUT2D eigenvalue weighted by Gasteiger charge is -2.26. The van der Waals surface area contributed by atoms with Gasteiger partial charge in [-0.3, -0.25) is 5.41 Å². The number of ether oxygens (including phenoxy) is 2. The molecule has 0 aliphatic carbocycles. The van der Waals surface area contributed by atoms with E-state index in [4.69, 9.17) is 20.6 Å². The van der Waals surface area contributed by atoms with Gasteiger partial charge < -0.3 is 20.5 Å². The second-order valence-corrected chi connectivity index (χ2v) is 4.61. The Hall–Kier alpha value is -2.44. The highest BCUT2D eigenvalue weighted by Gasteiger charge is 2.25. The first-order chi connectivity index (χ1) is 10.4. The molecular weight excluding hydrogens is 284 g/mol. The van der Waals surface area contributed by atoms with Crippen LogP contribution in [0.4, 0.5) is 10.5 Å². The van der Waals surface area contributed by atoms with Gasteiger partial charge in [0.25, 0.3) is 0 Å². The van der Waals surface area contributed by atoms with Crippen LogP contribution in [-0.4, -0.2) is 32.3 Å². The van der Waals surface area contributed by atoms with Gasteiger partial charge in [0.2, 0.25) is 5.96 Å². The maximum Gasteiger partial charge on any atom is 0.328 e. The number of carbonyl (C=O) groups excluding carboxylic acids is 1. The monoisotopic (exact) mass is 308 g/mol. The molecule has 0 radical (unpaired) electrons. The second-order valence-electron chi connectivity index (χ2n) is 4.61. The lowest BCUT2D eigenvalue weighted by molar-refractivity contribution is 0.250. The van der Waals surface area contributed by atoms with Crippen molar-refractivity contribution < 1.29 is 14.3 Å². The van der Waals surface area contributed by atoms with Gasteiger partial charge in [0, 0.05) is 24.2 Å². The molecule has 0 aliphatic heterocycles. The SMILES string of the molecule is CCOc1cc(OCC)c(C)c(N(C(=N)N)C(=O)NC)c1C. The lowest BCUT2D eigenvalue weighted by Crippen LogP contribution is -2.46. The van der Waals surface area contributed by atoms with Crippen LogP contribution in [-0.2, 0) is 0 Å². The highest BCUT2D eigenvalue weighted by molar-refractivity contribution is 6.15. The number of guanidine groups is 1. The van der Waals surface area contributed by atoms with Crippen LogP contribution in [0, 0.1) is 19.3 Å². The van der Waals surface area contributed by atoms with E-state index in [-0.39, 0.29) is 5.96 Å². The van der Waals surface area contributed by atoms with E-state index < -0.39 is 6.03 Å². The second kappa shape index (κ2) is 7.53. The fourth-order valence-electron chi connectivity index (χ4n) is 2.24. The van der Waals surface area contributed by atoms with Gasteiger partial charge in [0.05, 0.1) is 18.9 Å². The number of amides is 2. The molecule has 0 heterocycles. The third-order valence-electron chi connectivity index (χ3n) is 3.19. The van der Waals surface area contributed by atoms with Crippen molar-refractivity contribution in [2.75, 3.05) is 25.2 Å².